The fourth-order valence-corrected chi connectivity index (χ4v) is 3.55. The van der Waals surface area contributed by atoms with Crippen LogP contribution in [0, 0.1) is 5.92 Å². The molecule has 0 bridgehead atoms. The third kappa shape index (κ3) is 2.43. The molecule has 2 fully saturated rings. The van der Waals surface area contributed by atoms with Gasteiger partial charge in [0, 0.05) is 12.5 Å². The number of nitrogens with one attached hydrogen (secondary N) is 1. The van der Waals surface area contributed by atoms with Crippen molar-refractivity contribution >= 4 is 0 Å². The highest BCUT2D eigenvalue weighted by molar-refractivity contribution is 5.36. The molecule has 19 heavy (non-hydrogen) atoms. The molecular weight excluding hydrogens is 237 g/mol. The highest BCUT2D eigenvalue weighted by Crippen LogP contribution is 2.45. The first-order valence-electron chi connectivity index (χ1n) is 7.68. The fourth-order valence-electron chi connectivity index (χ4n) is 3.55. The van der Waals surface area contributed by atoms with Crippen LogP contribution in [0.1, 0.15) is 56.1 Å². The van der Waals surface area contributed by atoms with E-state index >= 15 is 4.39 Å². The van der Waals surface area contributed by atoms with Gasteiger partial charge in [-0.25, -0.2) is 4.39 Å². The minimum Gasteiger partial charge on any atom is -0.316 e. The summed E-state index contributed by atoms with van der Waals surface area (Å²) in [5.41, 5.74) is 1.03. The molecule has 1 saturated carbocycles. The average molecular weight is 261 g/mol. The van der Waals surface area contributed by atoms with Crippen LogP contribution in [0.2, 0.25) is 0 Å². The lowest BCUT2D eigenvalue weighted by Crippen LogP contribution is -2.40. The molecule has 1 N–H and O–H groups in total. The molecular formula is C17H24FN. The summed E-state index contributed by atoms with van der Waals surface area (Å²) in [6.07, 6.45) is 5.85. The Balaban J connectivity index is 1.90. The maximum Gasteiger partial charge on any atom is 0.137 e. The molecule has 104 valence electrons. The largest absolute Gasteiger partial charge is 0.316 e. The second-order valence-corrected chi connectivity index (χ2v) is 6.33. The molecule has 0 radical (unpaired) electrons. The molecule has 2 heteroatoms. The number of benzene rings is 1. The molecule has 0 aromatic heterocycles. The van der Waals surface area contributed by atoms with Crippen molar-refractivity contribution < 1.29 is 4.39 Å². The van der Waals surface area contributed by atoms with Crippen LogP contribution in [0.5, 0.6) is 0 Å². The van der Waals surface area contributed by atoms with Crippen molar-refractivity contribution in [2.75, 3.05) is 13.1 Å². The Hall–Kier alpha value is -0.890. The molecule has 0 spiro atoms. The van der Waals surface area contributed by atoms with Crippen molar-refractivity contribution in [3.63, 3.8) is 0 Å². The van der Waals surface area contributed by atoms with Gasteiger partial charge in [0.1, 0.15) is 5.67 Å². The predicted octanol–water partition coefficient (Wildman–Crippen LogP) is 4.14. The van der Waals surface area contributed by atoms with E-state index < -0.39 is 5.67 Å². The van der Waals surface area contributed by atoms with Gasteiger partial charge in [-0.15, -0.1) is 0 Å². The SMILES string of the molecule is CC(F)(c1ccccc1C1CCC1)C1CCCNC1. The Morgan fingerprint density at radius 1 is 1.16 bits per heavy atom. The lowest BCUT2D eigenvalue weighted by molar-refractivity contribution is 0.0792. The minimum atomic E-state index is -1.19. The van der Waals surface area contributed by atoms with Crippen molar-refractivity contribution in [1.29, 1.82) is 0 Å². The topological polar surface area (TPSA) is 12.0 Å². The summed E-state index contributed by atoms with van der Waals surface area (Å²) in [4.78, 5) is 0. The molecule has 3 rings (SSSR count). The zero-order chi connectivity index (χ0) is 13.3. The average Bonchev–Trinajstić information content (AvgIpc) is 2.38. The molecule has 2 atom stereocenters. The van der Waals surface area contributed by atoms with Gasteiger partial charge in [0.2, 0.25) is 0 Å². The number of hydrogen-bond acceptors (Lipinski definition) is 1. The molecule has 1 aromatic carbocycles. The lowest BCUT2D eigenvalue weighted by Gasteiger charge is -2.38. The summed E-state index contributed by atoms with van der Waals surface area (Å²) < 4.78 is 15.4. The minimum absolute atomic E-state index is 0.113. The second-order valence-electron chi connectivity index (χ2n) is 6.33. The van der Waals surface area contributed by atoms with Crippen molar-refractivity contribution in [1.82, 2.24) is 5.32 Å². The van der Waals surface area contributed by atoms with Gasteiger partial charge in [0.15, 0.2) is 0 Å². The van der Waals surface area contributed by atoms with Crippen molar-refractivity contribution in [3.05, 3.63) is 35.4 Å². The number of hydrogen-bond donors (Lipinski definition) is 1. The summed E-state index contributed by atoms with van der Waals surface area (Å²) >= 11 is 0. The van der Waals surface area contributed by atoms with Gasteiger partial charge in [-0.1, -0.05) is 30.7 Å². The number of alkyl halides is 1. The number of rotatable bonds is 3. The molecule has 1 aliphatic heterocycles. The van der Waals surface area contributed by atoms with E-state index in [1.54, 1.807) is 6.92 Å². The first-order valence-corrected chi connectivity index (χ1v) is 7.68. The quantitative estimate of drug-likeness (QED) is 0.862. The van der Waals surface area contributed by atoms with E-state index in [0.717, 1.165) is 31.5 Å². The monoisotopic (exact) mass is 261 g/mol. The van der Waals surface area contributed by atoms with E-state index in [1.165, 1.54) is 24.8 Å². The van der Waals surface area contributed by atoms with Crippen LogP contribution in [-0.4, -0.2) is 13.1 Å². The van der Waals surface area contributed by atoms with Gasteiger partial charge in [-0.05, 0) is 56.2 Å². The summed E-state index contributed by atoms with van der Waals surface area (Å²) in [6.45, 7) is 3.64. The smallest absolute Gasteiger partial charge is 0.137 e. The summed E-state index contributed by atoms with van der Waals surface area (Å²) in [7, 11) is 0. The summed E-state index contributed by atoms with van der Waals surface area (Å²) in [5.74, 6) is 0.713. The van der Waals surface area contributed by atoms with E-state index in [2.05, 4.69) is 17.4 Å². The van der Waals surface area contributed by atoms with Gasteiger partial charge in [0.05, 0.1) is 0 Å². The first-order chi connectivity index (χ1) is 9.19. The van der Waals surface area contributed by atoms with Gasteiger partial charge in [-0.3, -0.25) is 0 Å². The highest BCUT2D eigenvalue weighted by Gasteiger charge is 2.39. The van der Waals surface area contributed by atoms with Gasteiger partial charge in [0.25, 0.3) is 0 Å². The molecule has 2 unspecified atom stereocenters. The highest BCUT2D eigenvalue weighted by atomic mass is 19.1. The Bertz CT molecular complexity index is 431. The van der Waals surface area contributed by atoms with E-state index in [-0.39, 0.29) is 5.92 Å². The number of halogens is 1. The van der Waals surface area contributed by atoms with E-state index in [9.17, 15) is 0 Å². The third-order valence-electron chi connectivity index (χ3n) is 5.10. The van der Waals surface area contributed by atoms with Crippen LogP contribution in [-0.2, 0) is 5.67 Å². The maximum atomic E-state index is 15.4. The van der Waals surface area contributed by atoms with Crippen LogP contribution < -0.4 is 5.32 Å². The zero-order valence-corrected chi connectivity index (χ0v) is 11.8. The molecule has 1 saturated heterocycles. The molecule has 2 aliphatic rings. The van der Waals surface area contributed by atoms with Crippen molar-refractivity contribution in [2.24, 2.45) is 5.92 Å². The molecule has 1 aromatic rings. The standard InChI is InChI=1S/C17H24FN/c1-17(18,14-8-5-11-19-12-14)16-10-3-2-9-15(16)13-6-4-7-13/h2-3,9-10,13-14,19H,4-8,11-12H2,1H3. The van der Waals surface area contributed by atoms with Crippen LogP contribution in [0.15, 0.2) is 24.3 Å². The Kier molecular flexibility index (Phi) is 3.62. The normalized spacial score (nSPS) is 27.6. The summed E-state index contributed by atoms with van der Waals surface area (Å²) in [6, 6.07) is 8.22. The van der Waals surface area contributed by atoms with Gasteiger partial charge in [-0.2, -0.15) is 0 Å². The zero-order valence-electron chi connectivity index (χ0n) is 11.8. The van der Waals surface area contributed by atoms with Crippen LogP contribution in [0.3, 0.4) is 0 Å². The Morgan fingerprint density at radius 2 is 1.95 bits per heavy atom. The second kappa shape index (κ2) is 5.24. The van der Waals surface area contributed by atoms with Crippen molar-refractivity contribution in [3.8, 4) is 0 Å². The van der Waals surface area contributed by atoms with E-state index in [0.29, 0.717) is 5.92 Å². The third-order valence-corrected chi connectivity index (χ3v) is 5.10. The van der Waals surface area contributed by atoms with Gasteiger partial charge >= 0.3 is 0 Å². The summed E-state index contributed by atoms with van der Waals surface area (Å²) in [5, 5.41) is 3.35. The first kappa shape index (κ1) is 13.1. The molecule has 1 heterocycles. The van der Waals surface area contributed by atoms with Crippen LogP contribution >= 0.6 is 0 Å². The lowest BCUT2D eigenvalue weighted by atomic mass is 9.72. The van der Waals surface area contributed by atoms with E-state index in [1.807, 2.05) is 12.1 Å². The van der Waals surface area contributed by atoms with Crippen molar-refractivity contribution in [2.45, 2.75) is 50.6 Å². The van der Waals surface area contributed by atoms with Gasteiger partial charge < -0.3 is 5.32 Å². The number of piperidine rings is 1. The van der Waals surface area contributed by atoms with Crippen LogP contribution in [0.4, 0.5) is 4.39 Å². The molecule has 1 nitrogen and oxygen atoms in total. The molecule has 0 amide bonds. The van der Waals surface area contributed by atoms with E-state index in [4.69, 9.17) is 0 Å². The fraction of sp³-hybridized carbons (Fsp3) is 0.647. The maximum absolute atomic E-state index is 15.4. The van der Waals surface area contributed by atoms with Crippen LogP contribution in [0.25, 0.3) is 0 Å². The Labute approximate surface area is 115 Å². The predicted molar refractivity (Wildman–Crippen MR) is 77.1 cm³/mol. The Morgan fingerprint density at radius 3 is 2.58 bits per heavy atom. The molecule has 1 aliphatic carbocycles.